The van der Waals surface area contributed by atoms with E-state index in [-0.39, 0.29) is 5.54 Å². The highest BCUT2D eigenvalue weighted by molar-refractivity contribution is 6.60. The summed E-state index contributed by atoms with van der Waals surface area (Å²) in [6.07, 6.45) is 16.1. The van der Waals surface area contributed by atoms with Crippen LogP contribution in [0.15, 0.2) is 0 Å². The molecule has 10 heteroatoms. The van der Waals surface area contributed by atoms with E-state index in [1.807, 2.05) is 0 Å². The van der Waals surface area contributed by atoms with Gasteiger partial charge in [-0.25, -0.2) is 0 Å². The Kier molecular flexibility index (Phi) is 20.3. The van der Waals surface area contributed by atoms with E-state index < -0.39 is 17.6 Å². The van der Waals surface area contributed by atoms with Gasteiger partial charge in [-0.1, -0.05) is 51.4 Å². The van der Waals surface area contributed by atoms with Crippen LogP contribution < -0.4 is 11.5 Å². The average molecular weight is 525 g/mol. The second-order valence-electron chi connectivity index (χ2n) is 9.38. The maximum absolute atomic E-state index is 6.99. The van der Waals surface area contributed by atoms with Crippen LogP contribution in [-0.4, -0.2) is 72.4 Å². The summed E-state index contributed by atoms with van der Waals surface area (Å²) in [7, 11) is 4.83. The van der Waals surface area contributed by atoms with E-state index in [1.165, 1.54) is 44.9 Å². The number of unbranched alkanes of at least 4 members (excludes halogenated alkanes) is 8. The minimum absolute atomic E-state index is 0.229. The van der Waals surface area contributed by atoms with Crippen molar-refractivity contribution < 1.29 is 26.6 Å². The van der Waals surface area contributed by atoms with Gasteiger partial charge in [0, 0.05) is 60.3 Å². The van der Waals surface area contributed by atoms with Gasteiger partial charge >= 0.3 is 17.6 Å². The number of rotatable bonds is 25. The molecule has 0 aromatic carbocycles. The first-order valence-corrected chi connectivity index (χ1v) is 17.0. The molecule has 0 aromatic heterocycles. The van der Waals surface area contributed by atoms with Gasteiger partial charge in [0.15, 0.2) is 0 Å². The van der Waals surface area contributed by atoms with Gasteiger partial charge in [0.1, 0.15) is 0 Å². The number of hydrogen-bond donors (Lipinski definition) is 2. The molecular weight excluding hydrogens is 468 g/mol. The van der Waals surface area contributed by atoms with E-state index in [0.29, 0.717) is 0 Å². The zero-order valence-electron chi connectivity index (χ0n) is 23.1. The second kappa shape index (κ2) is 20.2. The van der Waals surface area contributed by atoms with Crippen molar-refractivity contribution in [3.8, 4) is 0 Å². The maximum atomic E-state index is 6.99. The molecule has 0 rings (SSSR count). The molecule has 4 N–H and O–H groups in total. The van der Waals surface area contributed by atoms with Crippen molar-refractivity contribution in [1.82, 2.24) is 0 Å². The van der Waals surface area contributed by atoms with E-state index in [0.717, 1.165) is 63.6 Å². The fourth-order valence-corrected chi connectivity index (χ4v) is 8.10. The van der Waals surface area contributed by atoms with Crippen molar-refractivity contribution in [3.05, 3.63) is 0 Å². The highest BCUT2D eigenvalue weighted by Crippen LogP contribution is 2.29. The largest absolute Gasteiger partial charge is 0.500 e. The van der Waals surface area contributed by atoms with Gasteiger partial charge < -0.3 is 38.0 Å². The Bertz CT molecular complexity index is 426. The van der Waals surface area contributed by atoms with Gasteiger partial charge in [-0.3, -0.25) is 0 Å². The van der Waals surface area contributed by atoms with Crippen LogP contribution >= 0.6 is 0 Å². The lowest BCUT2D eigenvalue weighted by Gasteiger charge is -2.33. The van der Waals surface area contributed by atoms with E-state index in [4.69, 9.17) is 38.0 Å². The molecule has 0 aliphatic carbocycles. The summed E-state index contributed by atoms with van der Waals surface area (Å²) in [4.78, 5) is 0. The highest BCUT2D eigenvalue weighted by Gasteiger charge is 2.40. The molecule has 0 atom stereocenters. The van der Waals surface area contributed by atoms with Crippen molar-refractivity contribution in [1.29, 1.82) is 0 Å². The van der Waals surface area contributed by atoms with E-state index in [2.05, 4.69) is 0 Å². The minimum Gasteiger partial charge on any atom is -0.377 e. The predicted octanol–water partition coefficient (Wildman–Crippen LogP) is 4.86. The topological polar surface area (TPSA) is 107 Å². The normalized spacial score (nSPS) is 13.1. The molecule has 0 fully saturated rings. The fourth-order valence-electron chi connectivity index (χ4n) is 4.66. The zero-order chi connectivity index (χ0) is 25.8. The summed E-state index contributed by atoms with van der Waals surface area (Å²) in [6, 6.07) is 1.54. The lowest BCUT2D eigenvalue weighted by Crippen LogP contribution is -2.45. The summed E-state index contributed by atoms with van der Waals surface area (Å²) >= 11 is 0. The quantitative estimate of drug-likeness (QED) is 0.129. The van der Waals surface area contributed by atoms with Crippen molar-refractivity contribution in [3.63, 3.8) is 0 Å². The first kappa shape index (κ1) is 34.1. The lowest BCUT2D eigenvalue weighted by atomic mass is 9.84. The Balaban J connectivity index is 4.65. The van der Waals surface area contributed by atoms with Gasteiger partial charge in [0.25, 0.3) is 0 Å². The van der Waals surface area contributed by atoms with Crippen molar-refractivity contribution in [2.24, 2.45) is 11.5 Å². The van der Waals surface area contributed by atoms with Crippen molar-refractivity contribution in [2.45, 2.75) is 108 Å². The number of hydrogen-bond acceptors (Lipinski definition) is 8. The molecule has 0 radical (unpaired) electrons. The third-order valence-electron chi connectivity index (χ3n) is 7.06. The van der Waals surface area contributed by atoms with Crippen LogP contribution in [0.4, 0.5) is 0 Å². The molecule has 0 saturated carbocycles. The van der Waals surface area contributed by atoms with E-state index in [1.54, 1.807) is 42.7 Å². The average Bonchev–Trinajstić information content (AvgIpc) is 2.86. The van der Waals surface area contributed by atoms with Crippen LogP contribution in [0.5, 0.6) is 0 Å². The van der Waals surface area contributed by atoms with Crippen LogP contribution in [0.25, 0.3) is 0 Å². The van der Waals surface area contributed by atoms with Gasteiger partial charge in [-0.05, 0) is 45.1 Å². The summed E-state index contributed by atoms with van der Waals surface area (Å²) < 4.78 is 33.5. The van der Waals surface area contributed by atoms with Crippen LogP contribution in [0, 0.1) is 0 Å². The summed E-state index contributed by atoms with van der Waals surface area (Å²) in [5, 5.41) is 0. The lowest BCUT2D eigenvalue weighted by molar-refractivity contribution is 0.120. The first-order chi connectivity index (χ1) is 16.3. The predicted molar refractivity (Wildman–Crippen MR) is 144 cm³/mol. The maximum Gasteiger partial charge on any atom is 0.500 e. The zero-order valence-corrected chi connectivity index (χ0v) is 25.1. The molecule has 0 amide bonds. The second-order valence-corrected chi connectivity index (χ2v) is 15.6. The van der Waals surface area contributed by atoms with E-state index in [9.17, 15) is 0 Å². The van der Waals surface area contributed by atoms with Crippen LogP contribution in [0.2, 0.25) is 12.1 Å². The van der Waals surface area contributed by atoms with Crippen molar-refractivity contribution in [2.75, 3.05) is 49.2 Å². The third kappa shape index (κ3) is 14.0. The van der Waals surface area contributed by atoms with Gasteiger partial charge in [0.05, 0.1) is 0 Å². The Morgan fingerprint density at radius 3 is 1.09 bits per heavy atom. The standard InChI is InChI=1S/C24H56N2O6Si2/c1-27-33(28-2,29-3)22-16-19-24(26,20-17-23-34(30-4,31-5)32-6)18-14-12-10-8-7-9-11-13-15-21-25/h7-23,25-26H2,1-6H3. The van der Waals surface area contributed by atoms with E-state index >= 15 is 0 Å². The molecule has 34 heavy (non-hydrogen) atoms. The number of nitrogens with two attached hydrogens (primary N) is 2. The molecule has 0 spiro atoms. The summed E-state index contributed by atoms with van der Waals surface area (Å²) in [6.45, 7) is 0.817. The van der Waals surface area contributed by atoms with Crippen LogP contribution in [0.3, 0.4) is 0 Å². The fraction of sp³-hybridized carbons (Fsp3) is 1.00. The molecular formula is C24H56N2O6Si2. The first-order valence-electron chi connectivity index (χ1n) is 13.1. The van der Waals surface area contributed by atoms with Crippen molar-refractivity contribution >= 4 is 17.6 Å². The Labute approximate surface area is 212 Å². The molecule has 8 nitrogen and oxygen atoms in total. The third-order valence-corrected chi connectivity index (χ3v) is 12.7. The minimum atomic E-state index is -2.58. The molecule has 0 unspecified atom stereocenters. The molecule has 0 aliphatic heterocycles. The van der Waals surface area contributed by atoms with Gasteiger partial charge in [-0.2, -0.15) is 0 Å². The van der Waals surface area contributed by atoms with Crippen LogP contribution in [-0.2, 0) is 26.6 Å². The summed E-state index contributed by atoms with van der Waals surface area (Å²) in [5.74, 6) is 0. The SMILES string of the molecule is CO[Si](CCCC(N)(CCCCCCCCCCCN)CCC[Si](OC)(OC)OC)(OC)OC. The van der Waals surface area contributed by atoms with Gasteiger partial charge in [-0.15, -0.1) is 0 Å². The Morgan fingerprint density at radius 2 is 0.765 bits per heavy atom. The Hall–Kier alpha value is 0.114. The monoisotopic (exact) mass is 524 g/mol. The summed E-state index contributed by atoms with van der Waals surface area (Å²) in [5.41, 5.74) is 12.3. The smallest absolute Gasteiger partial charge is 0.377 e. The molecule has 0 aliphatic rings. The van der Waals surface area contributed by atoms with Crippen LogP contribution in [0.1, 0.15) is 89.9 Å². The molecule has 0 bridgehead atoms. The Morgan fingerprint density at radius 1 is 0.471 bits per heavy atom. The van der Waals surface area contributed by atoms with Gasteiger partial charge in [0.2, 0.25) is 0 Å². The molecule has 0 heterocycles. The highest BCUT2D eigenvalue weighted by atomic mass is 28.4. The molecule has 0 saturated heterocycles. The molecule has 0 aromatic rings. The molecule has 206 valence electrons.